The molecule has 3 rings (SSSR count). The van der Waals surface area contributed by atoms with Gasteiger partial charge in [0.05, 0.1) is 0 Å². The quantitative estimate of drug-likeness (QED) is 0.677. The number of aromatic nitrogens is 4. The number of amides is 1. The van der Waals surface area contributed by atoms with Crippen LogP contribution in [0.1, 0.15) is 12.1 Å². The van der Waals surface area contributed by atoms with E-state index in [1.165, 1.54) is 14.1 Å². The number of fused-ring (bicyclic) bond motifs is 1. The first kappa shape index (κ1) is 17.3. The van der Waals surface area contributed by atoms with Crippen LogP contribution in [-0.4, -0.2) is 25.0 Å². The van der Waals surface area contributed by atoms with Crippen LogP contribution in [0.5, 0.6) is 0 Å². The second kappa shape index (κ2) is 6.79. The van der Waals surface area contributed by atoms with E-state index in [0.717, 1.165) is 9.13 Å². The van der Waals surface area contributed by atoms with Crippen molar-refractivity contribution in [2.24, 2.45) is 14.1 Å². The summed E-state index contributed by atoms with van der Waals surface area (Å²) in [5, 5.41) is 2.72. The van der Waals surface area contributed by atoms with Crippen LogP contribution in [-0.2, 0) is 25.3 Å². The Bertz CT molecular complexity index is 1160. The first-order valence-corrected chi connectivity index (χ1v) is 7.92. The van der Waals surface area contributed by atoms with Crippen molar-refractivity contribution in [1.82, 2.24) is 19.1 Å². The Morgan fingerprint density at radius 1 is 1.12 bits per heavy atom. The van der Waals surface area contributed by atoms with Crippen LogP contribution < -0.4 is 22.1 Å². The monoisotopic (exact) mass is 355 g/mol. The Labute approximate surface area is 146 Å². The lowest BCUT2D eigenvalue weighted by atomic mass is 10.2. The molecule has 0 atom stereocenters. The molecule has 1 amide bonds. The second-order valence-corrected chi connectivity index (χ2v) is 5.83. The van der Waals surface area contributed by atoms with Crippen molar-refractivity contribution in [2.75, 3.05) is 5.32 Å². The maximum Gasteiger partial charge on any atom is 0.332 e. The summed E-state index contributed by atoms with van der Waals surface area (Å²) in [6, 6.07) is 8.94. The van der Waals surface area contributed by atoms with Gasteiger partial charge in [-0.3, -0.25) is 23.5 Å². The Morgan fingerprint density at radius 3 is 2.50 bits per heavy atom. The molecule has 3 aromatic rings. The van der Waals surface area contributed by atoms with Gasteiger partial charge in [-0.25, -0.2) is 9.78 Å². The minimum atomic E-state index is -0.602. The van der Waals surface area contributed by atoms with Gasteiger partial charge < -0.3 is 10.3 Å². The molecular formula is C17H17N5O4. The van der Waals surface area contributed by atoms with E-state index in [0.29, 0.717) is 5.69 Å². The molecule has 2 aromatic heterocycles. The molecule has 134 valence electrons. The second-order valence-electron chi connectivity index (χ2n) is 5.83. The average molecular weight is 355 g/mol. The van der Waals surface area contributed by atoms with Gasteiger partial charge in [0.25, 0.3) is 11.1 Å². The number of aryl methyl sites for hydroxylation is 2. The van der Waals surface area contributed by atoms with Gasteiger partial charge in [-0.2, -0.15) is 0 Å². The Morgan fingerprint density at radius 2 is 1.81 bits per heavy atom. The standard InChI is InChI=1S/C17H17N5O4/c1-21-14-13(16(25)22(2)17(21)26)19-11(15(24)20-14)8-9-12(23)18-10-6-4-3-5-7-10/h3-7H,8-9H2,1-2H3,(H,18,23)(H,20,24). The maximum absolute atomic E-state index is 12.2. The summed E-state index contributed by atoms with van der Waals surface area (Å²) in [7, 11) is 2.78. The fourth-order valence-corrected chi connectivity index (χ4v) is 2.58. The van der Waals surface area contributed by atoms with Crippen LogP contribution in [0.3, 0.4) is 0 Å². The molecule has 9 nitrogen and oxygen atoms in total. The van der Waals surface area contributed by atoms with Crippen LogP contribution in [0.2, 0.25) is 0 Å². The van der Waals surface area contributed by atoms with Crippen molar-refractivity contribution in [3.8, 4) is 0 Å². The first-order valence-electron chi connectivity index (χ1n) is 7.92. The van der Waals surface area contributed by atoms with Gasteiger partial charge in [0.1, 0.15) is 11.3 Å². The molecule has 2 N–H and O–H groups in total. The van der Waals surface area contributed by atoms with Crippen LogP contribution in [0.15, 0.2) is 44.7 Å². The molecular weight excluding hydrogens is 338 g/mol. The molecule has 0 fully saturated rings. The third kappa shape index (κ3) is 3.18. The normalized spacial score (nSPS) is 10.8. The van der Waals surface area contributed by atoms with Crippen molar-refractivity contribution in [1.29, 1.82) is 0 Å². The SMILES string of the molecule is Cn1c(=O)c2nc(CCC(=O)Nc3ccccc3)c(=O)[nH]c2n(C)c1=O. The summed E-state index contributed by atoms with van der Waals surface area (Å²) < 4.78 is 2.07. The van der Waals surface area contributed by atoms with E-state index in [1.54, 1.807) is 24.3 Å². The largest absolute Gasteiger partial charge is 0.332 e. The van der Waals surface area contributed by atoms with Gasteiger partial charge in [0, 0.05) is 32.6 Å². The fourth-order valence-electron chi connectivity index (χ4n) is 2.58. The van der Waals surface area contributed by atoms with Crippen LogP contribution in [0, 0.1) is 0 Å². The molecule has 0 aliphatic carbocycles. The highest BCUT2D eigenvalue weighted by Gasteiger charge is 2.14. The van der Waals surface area contributed by atoms with Crippen molar-refractivity contribution in [3.63, 3.8) is 0 Å². The maximum atomic E-state index is 12.2. The number of aromatic amines is 1. The Kier molecular flexibility index (Phi) is 4.53. The molecule has 0 aliphatic heterocycles. The van der Waals surface area contributed by atoms with Crippen LogP contribution in [0.4, 0.5) is 5.69 Å². The number of para-hydroxylation sites is 1. The number of nitrogens with zero attached hydrogens (tertiary/aromatic N) is 3. The molecule has 9 heteroatoms. The zero-order valence-electron chi connectivity index (χ0n) is 14.3. The molecule has 0 spiro atoms. The molecule has 0 radical (unpaired) electrons. The van der Waals surface area contributed by atoms with Crippen molar-refractivity contribution < 1.29 is 4.79 Å². The number of anilines is 1. The highest BCUT2D eigenvalue weighted by atomic mass is 16.2. The highest BCUT2D eigenvalue weighted by molar-refractivity contribution is 5.90. The molecule has 0 bridgehead atoms. The van der Waals surface area contributed by atoms with E-state index >= 15 is 0 Å². The van der Waals surface area contributed by atoms with E-state index in [9.17, 15) is 19.2 Å². The molecule has 0 aliphatic rings. The molecule has 0 saturated carbocycles. The summed E-state index contributed by atoms with van der Waals surface area (Å²) in [4.78, 5) is 55.0. The molecule has 1 aromatic carbocycles. The van der Waals surface area contributed by atoms with E-state index in [4.69, 9.17) is 0 Å². The van der Waals surface area contributed by atoms with Gasteiger partial charge in [-0.05, 0) is 12.1 Å². The topological polar surface area (TPSA) is 119 Å². The van der Waals surface area contributed by atoms with Crippen LogP contribution >= 0.6 is 0 Å². The number of nitrogens with one attached hydrogen (secondary N) is 2. The summed E-state index contributed by atoms with van der Waals surface area (Å²) in [6.45, 7) is 0. The minimum Gasteiger partial charge on any atom is -0.326 e. The zero-order valence-corrected chi connectivity index (χ0v) is 14.3. The lowest BCUT2D eigenvalue weighted by Crippen LogP contribution is -2.39. The van der Waals surface area contributed by atoms with E-state index in [2.05, 4.69) is 15.3 Å². The Balaban J connectivity index is 1.88. The Hall–Kier alpha value is -3.49. The van der Waals surface area contributed by atoms with Gasteiger partial charge in [-0.1, -0.05) is 18.2 Å². The van der Waals surface area contributed by atoms with Crippen molar-refractivity contribution >= 4 is 22.8 Å². The molecule has 26 heavy (non-hydrogen) atoms. The highest BCUT2D eigenvalue weighted by Crippen LogP contribution is 2.06. The van der Waals surface area contributed by atoms with E-state index < -0.39 is 16.8 Å². The predicted octanol–water partition coefficient (Wildman–Crippen LogP) is -0.108. The third-order valence-corrected chi connectivity index (χ3v) is 4.03. The molecule has 2 heterocycles. The van der Waals surface area contributed by atoms with Gasteiger partial charge in [-0.15, -0.1) is 0 Å². The molecule has 0 saturated heterocycles. The van der Waals surface area contributed by atoms with Gasteiger partial charge in [0.2, 0.25) is 5.91 Å². The van der Waals surface area contributed by atoms with E-state index in [-0.39, 0.29) is 35.6 Å². The number of carbonyl (C=O) groups is 1. The fraction of sp³-hybridized carbons (Fsp3) is 0.235. The lowest BCUT2D eigenvalue weighted by Gasteiger charge is -2.08. The first-order chi connectivity index (χ1) is 12.4. The number of H-pyrrole nitrogens is 1. The van der Waals surface area contributed by atoms with Crippen molar-refractivity contribution in [2.45, 2.75) is 12.8 Å². The lowest BCUT2D eigenvalue weighted by molar-refractivity contribution is -0.116. The minimum absolute atomic E-state index is 0.0207. The number of benzene rings is 1. The molecule has 0 unspecified atom stereocenters. The zero-order chi connectivity index (χ0) is 18.8. The number of carbonyl (C=O) groups excluding carboxylic acids is 1. The van der Waals surface area contributed by atoms with Crippen LogP contribution in [0.25, 0.3) is 11.2 Å². The van der Waals surface area contributed by atoms with E-state index in [1.807, 2.05) is 6.07 Å². The number of hydrogen-bond acceptors (Lipinski definition) is 5. The van der Waals surface area contributed by atoms with Gasteiger partial charge >= 0.3 is 5.69 Å². The summed E-state index contributed by atoms with van der Waals surface area (Å²) in [6.07, 6.45) is 0.0957. The number of rotatable bonds is 4. The third-order valence-electron chi connectivity index (χ3n) is 4.03. The average Bonchev–Trinajstić information content (AvgIpc) is 2.64. The summed E-state index contributed by atoms with van der Waals surface area (Å²) in [5.74, 6) is -0.272. The summed E-state index contributed by atoms with van der Waals surface area (Å²) in [5.41, 5.74) is -0.941. The summed E-state index contributed by atoms with van der Waals surface area (Å²) >= 11 is 0. The predicted molar refractivity (Wildman–Crippen MR) is 96.2 cm³/mol. The number of hydrogen-bond donors (Lipinski definition) is 2. The van der Waals surface area contributed by atoms with Crippen molar-refractivity contribution in [3.05, 3.63) is 67.2 Å². The smallest absolute Gasteiger partial charge is 0.326 e. The van der Waals surface area contributed by atoms with Gasteiger partial charge in [0.15, 0.2) is 5.52 Å².